The van der Waals surface area contributed by atoms with Gasteiger partial charge in [0.2, 0.25) is 6.79 Å². The number of aromatic nitrogens is 5. The van der Waals surface area contributed by atoms with Crippen LogP contribution in [0.1, 0.15) is 60.3 Å². The molecule has 1 atom stereocenters. The van der Waals surface area contributed by atoms with Crippen molar-refractivity contribution in [3.05, 3.63) is 75.3 Å². The van der Waals surface area contributed by atoms with Gasteiger partial charge in [-0.05, 0) is 64.9 Å². The number of para-hydroxylation sites is 1. The Morgan fingerprint density at radius 1 is 1.03 bits per heavy atom. The molecule has 2 fully saturated rings. The highest BCUT2D eigenvalue weighted by Crippen LogP contribution is 2.35. The summed E-state index contributed by atoms with van der Waals surface area (Å²) in [5, 5.41) is 14.1. The fourth-order valence-corrected chi connectivity index (χ4v) is 6.37. The van der Waals surface area contributed by atoms with Gasteiger partial charge in [0.15, 0.2) is 17.3 Å². The van der Waals surface area contributed by atoms with E-state index in [-0.39, 0.29) is 24.4 Å². The molecule has 4 heterocycles. The monoisotopic (exact) mass is 527 g/mol. The van der Waals surface area contributed by atoms with Gasteiger partial charge < -0.3 is 14.5 Å². The molecule has 1 saturated carbocycles. The van der Waals surface area contributed by atoms with Gasteiger partial charge in [0.1, 0.15) is 6.04 Å². The van der Waals surface area contributed by atoms with Crippen molar-refractivity contribution in [1.82, 2.24) is 35.0 Å². The van der Waals surface area contributed by atoms with Crippen molar-refractivity contribution in [3.8, 4) is 11.5 Å². The number of ether oxygens (including phenoxy) is 2. The Bertz CT molecular complexity index is 1550. The molecule has 2 aromatic heterocycles. The van der Waals surface area contributed by atoms with Crippen molar-refractivity contribution >= 4 is 10.9 Å². The fraction of sp³-hybridized carbons (Fsp3) is 0.448. The normalized spacial score (nSPS) is 19.2. The maximum absolute atomic E-state index is 13.6. The lowest BCUT2D eigenvalue weighted by Crippen LogP contribution is -2.48. The summed E-state index contributed by atoms with van der Waals surface area (Å²) >= 11 is 0. The Labute approximate surface area is 226 Å². The van der Waals surface area contributed by atoms with Gasteiger partial charge in [-0.1, -0.05) is 37.1 Å². The maximum Gasteiger partial charge on any atom is 0.253 e. The van der Waals surface area contributed by atoms with E-state index in [1.807, 2.05) is 35.9 Å². The Morgan fingerprint density at radius 2 is 1.85 bits per heavy atom. The van der Waals surface area contributed by atoms with Crippen molar-refractivity contribution < 1.29 is 9.47 Å². The van der Waals surface area contributed by atoms with Crippen molar-refractivity contribution in [2.45, 2.75) is 51.2 Å². The van der Waals surface area contributed by atoms with Crippen LogP contribution < -0.4 is 15.0 Å². The predicted octanol–water partition coefficient (Wildman–Crippen LogP) is 3.57. The zero-order valence-corrected chi connectivity index (χ0v) is 22.2. The van der Waals surface area contributed by atoms with Crippen LogP contribution in [0.25, 0.3) is 10.9 Å². The molecule has 10 heteroatoms. The Morgan fingerprint density at radius 3 is 2.69 bits per heavy atom. The molecular formula is C29H33N7O3. The molecule has 0 radical (unpaired) electrons. The minimum absolute atomic E-state index is 0.0782. The highest BCUT2D eigenvalue weighted by Gasteiger charge is 2.35. The second-order valence-electron chi connectivity index (χ2n) is 10.9. The van der Waals surface area contributed by atoms with E-state index in [2.05, 4.69) is 48.5 Å². The zero-order chi connectivity index (χ0) is 26.3. The van der Waals surface area contributed by atoms with Crippen LogP contribution in [0.4, 0.5) is 0 Å². The van der Waals surface area contributed by atoms with Crippen molar-refractivity contribution in [3.63, 3.8) is 0 Å². The average molecular weight is 528 g/mol. The Kier molecular flexibility index (Phi) is 6.28. The van der Waals surface area contributed by atoms with Crippen LogP contribution in [-0.4, -0.2) is 68.0 Å². The molecule has 1 aliphatic carbocycles. The van der Waals surface area contributed by atoms with Crippen LogP contribution in [0.15, 0.2) is 47.3 Å². The number of H-pyrrole nitrogens is 1. The summed E-state index contributed by atoms with van der Waals surface area (Å²) in [7, 11) is 0. The third-order valence-electron chi connectivity index (χ3n) is 8.46. The Hall–Kier alpha value is -3.76. The van der Waals surface area contributed by atoms with Gasteiger partial charge in [-0.2, -0.15) is 0 Å². The number of rotatable bonds is 6. The lowest BCUT2D eigenvalue weighted by atomic mass is 10.0. The van der Waals surface area contributed by atoms with Crippen LogP contribution in [0, 0.1) is 6.92 Å². The first-order chi connectivity index (χ1) is 19.1. The first kappa shape index (κ1) is 24.3. The molecular weight excluding hydrogens is 494 g/mol. The van der Waals surface area contributed by atoms with E-state index in [9.17, 15) is 4.79 Å². The molecule has 0 unspecified atom stereocenters. The summed E-state index contributed by atoms with van der Waals surface area (Å²) in [6.45, 7) is 6.50. The van der Waals surface area contributed by atoms with Crippen LogP contribution >= 0.6 is 0 Å². The van der Waals surface area contributed by atoms with Gasteiger partial charge in [0.05, 0.1) is 11.6 Å². The Balaban J connectivity index is 1.19. The number of aromatic amines is 1. The van der Waals surface area contributed by atoms with Crippen LogP contribution in [0.2, 0.25) is 0 Å². The van der Waals surface area contributed by atoms with E-state index in [1.165, 1.54) is 18.4 Å². The minimum atomic E-state index is -0.318. The second kappa shape index (κ2) is 10.1. The topological polar surface area (TPSA) is 101 Å². The lowest BCUT2D eigenvalue weighted by molar-refractivity contribution is 0.0988. The summed E-state index contributed by atoms with van der Waals surface area (Å²) in [5.74, 6) is 2.39. The summed E-state index contributed by atoms with van der Waals surface area (Å²) in [5.41, 5.74) is 3.77. The third-order valence-corrected chi connectivity index (χ3v) is 8.46. The summed E-state index contributed by atoms with van der Waals surface area (Å²) in [6, 6.07) is 14.3. The highest BCUT2D eigenvalue weighted by molar-refractivity contribution is 5.82. The summed E-state index contributed by atoms with van der Waals surface area (Å²) in [6.07, 6.45) is 4.51. The number of hydrogen-bond acceptors (Lipinski definition) is 8. The molecule has 10 nitrogen and oxygen atoms in total. The van der Waals surface area contributed by atoms with Gasteiger partial charge in [-0.3, -0.25) is 14.6 Å². The summed E-state index contributed by atoms with van der Waals surface area (Å²) < 4.78 is 13.0. The first-order valence-corrected chi connectivity index (χ1v) is 13.9. The quantitative estimate of drug-likeness (QED) is 0.406. The number of benzene rings is 2. The number of piperazine rings is 1. The van der Waals surface area contributed by atoms with E-state index in [0.717, 1.165) is 79.4 Å². The van der Waals surface area contributed by atoms with Crippen LogP contribution in [0.3, 0.4) is 0 Å². The van der Waals surface area contributed by atoms with Gasteiger partial charge in [-0.25, -0.2) is 4.68 Å². The number of hydrogen-bond donors (Lipinski definition) is 1. The number of fused-ring (bicyclic) bond motifs is 2. The molecule has 2 aromatic carbocycles. The van der Waals surface area contributed by atoms with E-state index >= 15 is 0 Å². The number of aryl methyl sites for hydroxylation is 1. The van der Waals surface area contributed by atoms with E-state index in [1.54, 1.807) is 0 Å². The molecule has 2 aliphatic heterocycles. The molecule has 0 amide bonds. The van der Waals surface area contributed by atoms with Crippen molar-refractivity contribution in [2.75, 3.05) is 33.0 Å². The molecule has 7 rings (SSSR count). The maximum atomic E-state index is 13.6. The largest absolute Gasteiger partial charge is 0.454 e. The zero-order valence-electron chi connectivity index (χ0n) is 22.2. The molecule has 39 heavy (non-hydrogen) atoms. The number of nitrogens with one attached hydrogen (secondary N) is 1. The minimum Gasteiger partial charge on any atom is -0.454 e. The first-order valence-electron chi connectivity index (χ1n) is 13.9. The summed E-state index contributed by atoms with van der Waals surface area (Å²) in [4.78, 5) is 21.6. The van der Waals surface area contributed by atoms with E-state index in [4.69, 9.17) is 9.47 Å². The third kappa shape index (κ3) is 4.57. The average Bonchev–Trinajstić information content (AvgIpc) is 3.73. The highest BCUT2D eigenvalue weighted by atomic mass is 16.7. The molecule has 1 N–H and O–H groups in total. The van der Waals surface area contributed by atoms with Gasteiger partial charge in [0.25, 0.3) is 5.56 Å². The predicted molar refractivity (Wildman–Crippen MR) is 146 cm³/mol. The van der Waals surface area contributed by atoms with Gasteiger partial charge in [0, 0.05) is 38.3 Å². The van der Waals surface area contributed by atoms with E-state index < -0.39 is 0 Å². The fourth-order valence-electron chi connectivity index (χ4n) is 6.37. The van der Waals surface area contributed by atoms with Gasteiger partial charge in [-0.15, -0.1) is 5.10 Å². The molecule has 1 saturated heterocycles. The van der Waals surface area contributed by atoms with Crippen molar-refractivity contribution in [2.24, 2.45) is 0 Å². The number of tetrazole rings is 1. The molecule has 4 aromatic rings. The lowest BCUT2D eigenvalue weighted by Gasteiger charge is -2.39. The van der Waals surface area contributed by atoms with E-state index in [0.29, 0.717) is 5.56 Å². The molecule has 3 aliphatic rings. The second-order valence-corrected chi connectivity index (χ2v) is 10.9. The molecule has 0 spiro atoms. The smallest absolute Gasteiger partial charge is 0.253 e. The number of pyridine rings is 1. The van der Waals surface area contributed by atoms with Gasteiger partial charge >= 0.3 is 0 Å². The molecule has 202 valence electrons. The SMILES string of the molecule is Cc1cccc2cc([C@@H](c3nnnn3C3CCCC3)N3CCN(Cc4ccc5c(c4)OCO5)CC3)c(=O)[nH]c12. The number of nitrogens with zero attached hydrogens (tertiary/aromatic N) is 6. The standard InChI is InChI=1S/C29H33N7O3/c1-19-5-4-6-21-16-23(29(37)30-26(19)21)27(28-31-32-33-36(28)22-7-2-3-8-22)35-13-11-34(12-14-35)17-20-9-10-24-25(15-20)39-18-38-24/h4-6,9-10,15-16,22,27H,2-3,7-8,11-14,17-18H2,1H3,(H,30,37)/t27-/m0/s1. The van der Waals surface area contributed by atoms with Crippen molar-refractivity contribution in [1.29, 1.82) is 0 Å². The van der Waals surface area contributed by atoms with Crippen LogP contribution in [0.5, 0.6) is 11.5 Å². The van der Waals surface area contributed by atoms with Crippen LogP contribution in [-0.2, 0) is 6.54 Å². The molecule has 0 bridgehead atoms.